The van der Waals surface area contributed by atoms with Crippen molar-refractivity contribution in [3.63, 3.8) is 0 Å². The first-order valence-corrected chi connectivity index (χ1v) is 10.7. The van der Waals surface area contributed by atoms with Crippen LogP contribution in [0.5, 0.6) is 0 Å². The number of carbonyl (C=O) groups excluding carboxylic acids is 1. The van der Waals surface area contributed by atoms with Crippen LogP contribution < -0.4 is 0 Å². The summed E-state index contributed by atoms with van der Waals surface area (Å²) in [6.45, 7) is 4.18. The van der Waals surface area contributed by atoms with Crippen molar-refractivity contribution in [3.8, 4) is 0 Å². The topological polar surface area (TPSA) is 32.8 Å². The highest BCUT2D eigenvalue weighted by atomic mass is 79.9. The predicted octanol–water partition coefficient (Wildman–Crippen LogP) is 3.94. The molecule has 2 heterocycles. The molecule has 1 aliphatic carbocycles. The van der Waals surface area contributed by atoms with E-state index < -0.39 is 0 Å². The maximum atomic E-state index is 13.1. The van der Waals surface area contributed by atoms with Crippen LogP contribution in [0.1, 0.15) is 48.9 Å². The van der Waals surface area contributed by atoms with Gasteiger partial charge >= 0.3 is 0 Å². The lowest BCUT2D eigenvalue weighted by Crippen LogP contribution is -2.56. The van der Waals surface area contributed by atoms with Crippen LogP contribution in [-0.4, -0.2) is 61.1 Å². The summed E-state index contributed by atoms with van der Waals surface area (Å²) in [4.78, 5) is 17.8. The third kappa shape index (κ3) is 3.58. The maximum absolute atomic E-state index is 13.1. The highest BCUT2D eigenvalue weighted by Gasteiger charge is 2.47. The number of hydrogen-bond acceptors (Lipinski definition) is 3. The first-order valence-electron chi connectivity index (χ1n) is 9.93. The van der Waals surface area contributed by atoms with Gasteiger partial charge in [0.05, 0.1) is 6.61 Å². The number of likely N-dealkylation sites (N-methyl/N-ethyl adjacent to an activating group) is 1. The normalized spacial score (nSPS) is 32.2. The zero-order chi connectivity index (χ0) is 18.1. The van der Waals surface area contributed by atoms with Crippen LogP contribution in [0.3, 0.4) is 0 Å². The number of amides is 1. The summed E-state index contributed by atoms with van der Waals surface area (Å²) in [7, 11) is 2.00. The number of halogens is 1. The fourth-order valence-electron chi connectivity index (χ4n) is 5.18. The van der Waals surface area contributed by atoms with Crippen LogP contribution in [-0.2, 0) is 4.74 Å². The van der Waals surface area contributed by atoms with Crippen molar-refractivity contribution >= 4 is 21.8 Å². The number of nitrogens with zero attached hydrogens (tertiary/aromatic N) is 2. The molecule has 0 aromatic heterocycles. The van der Waals surface area contributed by atoms with Crippen molar-refractivity contribution in [2.45, 2.75) is 50.6 Å². The van der Waals surface area contributed by atoms with Gasteiger partial charge in [-0.2, -0.15) is 0 Å². The van der Waals surface area contributed by atoms with Gasteiger partial charge < -0.3 is 9.64 Å². The Hall–Kier alpha value is -0.910. The van der Waals surface area contributed by atoms with E-state index >= 15 is 0 Å². The molecule has 5 heteroatoms. The van der Waals surface area contributed by atoms with Gasteiger partial charge in [-0.15, -0.1) is 0 Å². The molecule has 26 heavy (non-hydrogen) atoms. The molecule has 0 radical (unpaired) electrons. The number of likely N-dealkylation sites (tertiary alicyclic amines) is 1. The minimum atomic E-state index is 0.144. The van der Waals surface area contributed by atoms with E-state index in [1.807, 2.05) is 36.2 Å². The summed E-state index contributed by atoms with van der Waals surface area (Å²) in [5.74, 6) is 0.144. The molecule has 3 fully saturated rings. The van der Waals surface area contributed by atoms with E-state index in [0.29, 0.717) is 17.5 Å². The van der Waals surface area contributed by atoms with E-state index in [1.165, 1.54) is 45.2 Å². The van der Waals surface area contributed by atoms with E-state index in [2.05, 4.69) is 20.8 Å². The quantitative estimate of drug-likeness (QED) is 0.741. The third-order valence-electron chi connectivity index (χ3n) is 6.76. The molecule has 4 rings (SSSR count). The van der Waals surface area contributed by atoms with Crippen molar-refractivity contribution in [3.05, 3.63) is 34.3 Å². The second-order valence-corrected chi connectivity index (χ2v) is 9.26. The van der Waals surface area contributed by atoms with Gasteiger partial charge in [0.1, 0.15) is 0 Å². The Kier molecular flexibility index (Phi) is 5.40. The smallest absolute Gasteiger partial charge is 0.253 e. The lowest BCUT2D eigenvalue weighted by molar-refractivity contribution is 0.0105. The molecule has 1 unspecified atom stereocenters. The molecule has 1 amide bonds. The Morgan fingerprint density at radius 3 is 2.62 bits per heavy atom. The summed E-state index contributed by atoms with van der Waals surface area (Å²) in [5, 5.41) is 0. The van der Waals surface area contributed by atoms with Crippen LogP contribution in [0.15, 0.2) is 28.7 Å². The lowest BCUT2D eigenvalue weighted by atomic mass is 9.69. The molecule has 1 aromatic carbocycles. The SMILES string of the molecule is CN(C(=O)c1ccc(Br)cc1)[C@H]1CCC2(CCOC2)C[C@@H]1N1CCCC1. The van der Waals surface area contributed by atoms with Crippen LogP contribution in [0.4, 0.5) is 0 Å². The zero-order valence-corrected chi connectivity index (χ0v) is 17.2. The maximum Gasteiger partial charge on any atom is 0.253 e. The molecule has 1 aromatic rings. The molecular formula is C21H29BrN2O2. The second-order valence-electron chi connectivity index (χ2n) is 8.35. The molecule has 0 bridgehead atoms. The molecule has 1 saturated carbocycles. The van der Waals surface area contributed by atoms with Crippen molar-refractivity contribution < 1.29 is 9.53 Å². The molecule has 1 spiro atoms. The van der Waals surface area contributed by atoms with E-state index in [0.717, 1.165) is 29.7 Å². The van der Waals surface area contributed by atoms with Gasteiger partial charge in [-0.3, -0.25) is 9.69 Å². The Morgan fingerprint density at radius 2 is 1.96 bits per heavy atom. The summed E-state index contributed by atoms with van der Waals surface area (Å²) < 4.78 is 6.78. The lowest BCUT2D eigenvalue weighted by Gasteiger charge is -2.48. The van der Waals surface area contributed by atoms with Gasteiger partial charge in [-0.25, -0.2) is 0 Å². The molecular weight excluding hydrogens is 392 g/mol. The largest absolute Gasteiger partial charge is 0.381 e. The first-order chi connectivity index (χ1) is 12.6. The minimum Gasteiger partial charge on any atom is -0.381 e. The Labute approximate surface area is 165 Å². The van der Waals surface area contributed by atoms with Crippen molar-refractivity contribution in [2.75, 3.05) is 33.4 Å². The van der Waals surface area contributed by atoms with E-state index in [1.54, 1.807) is 0 Å². The summed E-state index contributed by atoms with van der Waals surface area (Å²) in [6, 6.07) is 8.51. The zero-order valence-electron chi connectivity index (χ0n) is 15.6. The van der Waals surface area contributed by atoms with Gasteiger partial charge in [0.2, 0.25) is 0 Å². The van der Waals surface area contributed by atoms with Crippen molar-refractivity contribution in [1.82, 2.24) is 9.80 Å². The van der Waals surface area contributed by atoms with E-state index in [9.17, 15) is 4.79 Å². The predicted molar refractivity (Wildman–Crippen MR) is 106 cm³/mol. The van der Waals surface area contributed by atoms with E-state index in [4.69, 9.17) is 4.74 Å². The number of ether oxygens (including phenoxy) is 1. The number of carbonyl (C=O) groups is 1. The average molecular weight is 421 g/mol. The molecule has 3 atom stereocenters. The highest BCUT2D eigenvalue weighted by Crippen LogP contribution is 2.46. The van der Waals surface area contributed by atoms with Crippen molar-refractivity contribution in [2.24, 2.45) is 5.41 Å². The van der Waals surface area contributed by atoms with Gasteiger partial charge in [0.25, 0.3) is 5.91 Å². The Morgan fingerprint density at radius 1 is 1.23 bits per heavy atom. The van der Waals surface area contributed by atoms with E-state index in [-0.39, 0.29) is 5.91 Å². The molecule has 2 aliphatic heterocycles. The third-order valence-corrected chi connectivity index (χ3v) is 7.29. The van der Waals surface area contributed by atoms with Gasteiger partial charge in [-0.05, 0) is 81.3 Å². The summed E-state index contributed by atoms with van der Waals surface area (Å²) in [5.41, 5.74) is 1.13. The van der Waals surface area contributed by atoms with Crippen LogP contribution in [0, 0.1) is 5.41 Å². The van der Waals surface area contributed by atoms with Crippen molar-refractivity contribution in [1.29, 1.82) is 0 Å². The van der Waals surface area contributed by atoms with Crippen LogP contribution >= 0.6 is 15.9 Å². The van der Waals surface area contributed by atoms with Crippen LogP contribution in [0.25, 0.3) is 0 Å². The standard InChI is InChI=1S/C21H29BrN2O2/c1-23(20(25)16-4-6-17(22)7-5-16)18-8-9-21(10-13-26-15-21)14-19(18)24-11-2-3-12-24/h4-7,18-19H,2-3,8-15H2,1H3/t18-,19-,21?/m0/s1. The number of benzene rings is 1. The fraction of sp³-hybridized carbons (Fsp3) is 0.667. The molecule has 4 nitrogen and oxygen atoms in total. The molecule has 142 valence electrons. The van der Waals surface area contributed by atoms with Gasteiger partial charge in [-0.1, -0.05) is 15.9 Å². The Bertz CT molecular complexity index is 636. The van der Waals surface area contributed by atoms with Gasteiger partial charge in [0.15, 0.2) is 0 Å². The number of rotatable bonds is 3. The highest BCUT2D eigenvalue weighted by molar-refractivity contribution is 9.10. The summed E-state index contributed by atoms with van der Waals surface area (Å²) in [6.07, 6.45) is 7.21. The Balaban J connectivity index is 1.54. The summed E-state index contributed by atoms with van der Waals surface area (Å²) >= 11 is 3.45. The molecule has 2 saturated heterocycles. The number of hydrogen-bond donors (Lipinski definition) is 0. The minimum absolute atomic E-state index is 0.144. The van der Waals surface area contributed by atoms with Gasteiger partial charge in [0, 0.05) is 35.8 Å². The molecule has 0 N–H and O–H groups in total. The monoisotopic (exact) mass is 420 g/mol. The second kappa shape index (κ2) is 7.61. The average Bonchev–Trinajstić information content (AvgIpc) is 3.34. The van der Waals surface area contributed by atoms with Crippen LogP contribution in [0.2, 0.25) is 0 Å². The first kappa shape index (κ1) is 18.5. The molecule has 3 aliphatic rings. The fourth-order valence-corrected chi connectivity index (χ4v) is 5.44.